The topological polar surface area (TPSA) is 64.6 Å². The lowest BCUT2D eigenvalue weighted by molar-refractivity contribution is 0.597. The summed E-state index contributed by atoms with van der Waals surface area (Å²) in [4.78, 5) is 0.121. The van der Waals surface area contributed by atoms with Gasteiger partial charge in [-0.15, -0.1) is 0 Å². The molecule has 0 aliphatic carbocycles. The quantitative estimate of drug-likeness (QED) is 0.725. The van der Waals surface area contributed by atoms with E-state index in [1.807, 2.05) is 12.1 Å². The molecule has 5 heteroatoms. The first-order chi connectivity index (χ1) is 6.07. The average molecular weight is 196 g/mol. The number of pyridine rings is 1. The highest BCUT2D eigenvalue weighted by molar-refractivity contribution is 7.89. The molecule has 0 aliphatic heterocycles. The molecule has 0 spiro atoms. The molecule has 2 heterocycles. The normalized spacial score (nSPS) is 12.1. The molecule has 0 saturated carbocycles. The van der Waals surface area contributed by atoms with Crippen LogP contribution in [-0.4, -0.2) is 12.8 Å². The zero-order valence-corrected chi connectivity index (χ0v) is 7.53. The van der Waals surface area contributed by atoms with Gasteiger partial charge in [-0.2, -0.15) is 0 Å². The molecule has 2 rings (SSSR count). The fourth-order valence-electron chi connectivity index (χ4n) is 1.18. The second kappa shape index (κ2) is 2.58. The minimum absolute atomic E-state index is 0.121. The van der Waals surface area contributed by atoms with E-state index >= 15 is 0 Å². The van der Waals surface area contributed by atoms with Gasteiger partial charge in [-0.25, -0.2) is 13.6 Å². The minimum Gasteiger partial charge on any atom is -0.323 e. The van der Waals surface area contributed by atoms with Crippen LogP contribution in [0.2, 0.25) is 0 Å². The summed E-state index contributed by atoms with van der Waals surface area (Å²) in [5.74, 6) is 0. The Labute approximate surface area is 75.7 Å². The number of primary sulfonamides is 1. The smallest absolute Gasteiger partial charge is 0.239 e. The molecule has 0 saturated heterocycles. The lowest BCUT2D eigenvalue weighted by Crippen LogP contribution is -2.12. The number of nitrogens with zero attached hydrogens (tertiary/aromatic N) is 1. The van der Waals surface area contributed by atoms with Gasteiger partial charge in [0.2, 0.25) is 10.0 Å². The van der Waals surface area contributed by atoms with Crippen LogP contribution < -0.4 is 5.14 Å². The number of hydrogen-bond donors (Lipinski definition) is 1. The van der Waals surface area contributed by atoms with Gasteiger partial charge in [0.1, 0.15) is 0 Å². The molecule has 0 fully saturated rings. The highest BCUT2D eigenvalue weighted by Gasteiger charge is 2.07. The Bertz CT molecular complexity index is 542. The second-order valence-corrected chi connectivity index (χ2v) is 4.31. The molecule has 0 radical (unpaired) electrons. The first-order valence-corrected chi connectivity index (χ1v) is 5.21. The van der Waals surface area contributed by atoms with E-state index in [0.29, 0.717) is 0 Å². The van der Waals surface area contributed by atoms with E-state index < -0.39 is 10.0 Å². The molecule has 0 atom stereocenters. The van der Waals surface area contributed by atoms with Gasteiger partial charge in [0.25, 0.3) is 0 Å². The number of aromatic nitrogens is 1. The molecule has 2 aromatic heterocycles. The molecule has 4 nitrogen and oxygen atoms in total. The van der Waals surface area contributed by atoms with E-state index in [1.54, 1.807) is 16.7 Å². The summed E-state index contributed by atoms with van der Waals surface area (Å²) in [5, 5.41) is 4.98. The van der Waals surface area contributed by atoms with Crippen molar-refractivity contribution in [2.24, 2.45) is 5.14 Å². The standard InChI is InChI=1S/C8H8N2O2S/c9-13(11,12)8-4-3-7-2-1-5-10(7)6-8/h1-6H,(H2,9,11,12). The average Bonchev–Trinajstić information content (AvgIpc) is 2.47. The highest BCUT2D eigenvalue weighted by atomic mass is 32.2. The Kier molecular flexibility index (Phi) is 1.64. The number of nitrogens with two attached hydrogens (primary N) is 1. The molecule has 0 bridgehead atoms. The van der Waals surface area contributed by atoms with Crippen molar-refractivity contribution in [3.05, 3.63) is 36.7 Å². The van der Waals surface area contributed by atoms with Crippen LogP contribution in [0.15, 0.2) is 41.6 Å². The van der Waals surface area contributed by atoms with Crippen LogP contribution in [0.25, 0.3) is 5.52 Å². The van der Waals surface area contributed by atoms with Crippen molar-refractivity contribution in [2.45, 2.75) is 4.90 Å². The van der Waals surface area contributed by atoms with Crippen molar-refractivity contribution in [3.63, 3.8) is 0 Å². The Hall–Kier alpha value is -1.33. The van der Waals surface area contributed by atoms with Gasteiger partial charge in [0.15, 0.2) is 0 Å². The molecule has 0 amide bonds. The number of sulfonamides is 1. The molecule has 0 aliphatic rings. The highest BCUT2D eigenvalue weighted by Crippen LogP contribution is 2.10. The summed E-state index contributed by atoms with van der Waals surface area (Å²) in [6.07, 6.45) is 3.26. The monoisotopic (exact) mass is 196 g/mol. The van der Waals surface area contributed by atoms with E-state index in [-0.39, 0.29) is 4.90 Å². The van der Waals surface area contributed by atoms with Crippen molar-refractivity contribution in [3.8, 4) is 0 Å². The fourth-order valence-corrected chi connectivity index (χ4v) is 1.70. The summed E-state index contributed by atoms with van der Waals surface area (Å²) in [6, 6.07) is 6.92. The summed E-state index contributed by atoms with van der Waals surface area (Å²) in [7, 11) is -3.59. The SMILES string of the molecule is NS(=O)(=O)c1ccc2cccn2c1. The van der Waals surface area contributed by atoms with Crippen molar-refractivity contribution < 1.29 is 8.42 Å². The minimum atomic E-state index is -3.59. The van der Waals surface area contributed by atoms with Gasteiger partial charge >= 0.3 is 0 Å². The predicted molar refractivity (Wildman–Crippen MR) is 48.8 cm³/mol. The van der Waals surface area contributed by atoms with Gasteiger partial charge in [-0.1, -0.05) is 0 Å². The zero-order valence-electron chi connectivity index (χ0n) is 6.71. The van der Waals surface area contributed by atoms with Crippen LogP contribution >= 0.6 is 0 Å². The van der Waals surface area contributed by atoms with Crippen molar-refractivity contribution in [2.75, 3.05) is 0 Å². The Morgan fingerprint density at radius 3 is 2.69 bits per heavy atom. The molecule has 13 heavy (non-hydrogen) atoms. The van der Waals surface area contributed by atoms with Crippen molar-refractivity contribution in [1.29, 1.82) is 0 Å². The van der Waals surface area contributed by atoms with Gasteiger partial charge in [-0.05, 0) is 24.3 Å². The summed E-state index contributed by atoms with van der Waals surface area (Å²) < 4.78 is 23.6. The number of rotatable bonds is 1. The van der Waals surface area contributed by atoms with Crippen LogP contribution in [0, 0.1) is 0 Å². The van der Waals surface area contributed by atoms with Gasteiger partial charge in [0, 0.05) is 17.9 Å². The largest absolute Gasteiger partial charge is 0.323 e. The Balaban J connectivity index is 2.75. The van der Waals surface area contributed by atoms with Gasteiger partial charge in [-0.3, -0.25) is 0 Å². The van der Waals surface area contributed by atoms with E-state index in [9.17, 15) is 8.42 Å². The summed E-state index contributed by atoms with van der Waals surface area (Å²) in [6.45, 7) is 0. The van der Waals surface area contributed by atoms with E-state index in [4.69, 9.17) is 5.14 Å². The fraction of sp³-hybridized carbons (Fsp3) is 0. The van der Waals surface area contributed by atoms with E-state index in [0.717, 1.165) is 5.52 Å². The van der Waals surface area contributed by atoms with Crippen molar-refractivity contribution in [1.82, 2.24) is 4.40 Å². The third kappa shape index (κ3) is 1.43. The maximum absolute atomic E-state index is 11.0. The van der Waals surface area contributed by atoms with Crippen LogP contribution in [-0.2, 0) is 10.0 Å². The number of fused-ring (bicyclic) bond motifs is 1. The van der Waals surface area contributed by atoms with Crippen molar-refractivity contribution >= 4 is 15.5 Å². The van der Waals surface area contributed by atoms with E-state index in [2.05, 4.69) is 0 Å². The Morgan fingerprint density at radius 1 is 1.23 bits per heavy atom. The summed E-state index contributed by atoms with van der Waals surface area (Å²) >= 11 is 0. The number of hydrogen-bond acceptors (Lipinski definition) is 2. The Morgan fingerprint density at radius 2 is 2.00 bits per heavy atom. The maximum atomic E-state index is 11.0. The molecular formula is C8H8N2O2S. The first-order valence-electron chi connectivity index (χ1n) is 3.67. The first kappa shape index (κ1) is 8.28. The third-order valence-corrected chi connectivity index (χ3v) is 2.72. The maximum Gasteiger partial charge on any atom is 0.239 e. The van der Waals surface area contributed by atoms with Gasteiger partial charge < -0.3 is 4.40 Å². The summed E-state index contributed by atoms with van der Waals surface area (Å²) in [5.41, 5.74) is 0.937. The van der Waals surface area contributed by atoms with Gasteiger partial charge in [0.05, 0.1) is 4.90 Å². The predicted octanol–water partition coefficient (Wildman–Crippen LogP) is 0.587. The zero-order chi connectivity index (χ0) is 9.47. The van der Waals surface area contributed by atoms with Crippen LogP contribution in [0.5, 0.6) is 0 Å². The molecule has 68 valence electrons. The molecule has 0 aromatic carbocycles. The van der Waals surface area contributed by atoms with E-state index in [1.165, 1.54) is 12.3 Å². The molecule has 2 N–H and O–H groups in total. The van der Waals surface area contributed by atoms with Crippen LogP contribution in [0.4, 0.5) is 0 Å². The second-order valence-electron chi connectivity index (χ2n) is 2.75. The van der Waals surface area contributed by atoms with Crippen LogP contribution in [0.1, 0.15) is 0 Å². The lowest BCUT2D eigenvalue weighted by atomic mass is 10.4. The van der Waals surface area contributed by atoms with Crippen LogP contribution in [0.3, 0.4) is 0 Å². The third-order valence-electron chi connectivity index (χ3n) is 1.83. The lowest BCUT2D eigenvalue weighted by Gasteiger charge is -1.99. The molecular weight excluding hydrogens is 188 g/mol. The molecule has 0 unspecified atom stereocenters. The molecule has 2 aromatic rings.